The van der Waals surface area contributed by atoms with E-state index in [4.69, 9.17) is 19.7 Å². The summed E-state index contributed by atoms with van der Waals surface area (Å²) in [6.07, 6.45) is -7.95. The number of aliphatic carboxylic acids is 1. The van der Waals surface area contributed by atoms with Crippen LogP contribution in [0, 0.1) is 0 Å². The van der Waals surface area contributed by atoms with Crippen LogP contribution in [-0.4, -0.2) is 98.8 Å². The molecule has 0 radical (unpaired) electrons. The van der Waals surface area contributed by atoms with Crippen LogP contribution in [-0.2, 0) is 33.4 Å². The lowest BCUT2D eigenvalue weighted by Gasteiger charge is -2.45. The maximum Gasteiger partial charge on any atom is 0.364 e. The van der Waals surface area contributed by atoms with Crippen molar-refractivity contribution in [3.63, 3.8) is 0 Å². The van der Waals surface area contributed by atoms with Crippen LogP contribution >= 0.6 is 0 Å². The average Bonchev–Trinajstić information content (AvgIpc) is 2.59. The summed E-state index contributed by atoms with van der Waals surface area (Å²) in [5.74, 6) is -7.46. The number of carboxylic acids is 1. The van der Waals surface area contributed by atoms with Gasteiger partial charge in [0.05, 0.1) is 12.1 Å². The Kier molecular flexibility index (Phi) is 8.26. The highest BCUT2D eigenvalue weighted by atomic mass is 16.7. The van der Waals surface area contributed by atoms with Crippen molar-refractivity contribution < 1.29 is 58.9 Å². The Morgan fingerprint density at radius 1 is 1.25 bits per heavy atom. The fourth-order valence-electron chi connectivity index (χ4n) is 2.63. The van der Waals surface area contributed by atoms with Gasteiger partial charge in [-0.25, -0.2) is 4.79 Å². The number of carboxylic acid groups (broad SMARTS) is 1. The molecule has 1 saturated heterocycles. The van der Waals surface area contributed by atoms with E-state index in [-0.39, 0.29) is 0 Å². The number of carbonyl (C=O) groups excluding carboxylic acids is 3. The molecule has 1 amide bonds. The van der Waals surface area contributed by atoms with Gasteiger partial charge in [0.2, 0.25) is 5.91 Å². The van der Waals surface area contributed by atoms with Gasteiger partial charge in [0, 0.05) is 20.3 Å². The highest BCUT2D eigenvalue weighted by Crippen LogP contribution is 2.31. The van der Waals surface area contributed by atoms with Gasteiger partial charge in [-0.3, -0.25) is 14.4 Å². The molecule has 1 heterocycles. The second-order valence-corrected chi connectivity index (χ2v) is 6.14. The number of hydrogen-bond donors (Lipinski definition) is 6. The normalized spacial score (nSPS) is 29.3. The molecular weight excluding hydrogens is 386 g/mol. The van der Waals surface area contributed by atoms with Gasteiger partial charge in [-0.2, -0.15) is 0 Å². The Morgan fingerprint density at radius 3 is 2.32 bits per heavy atom. The Labute approximate surface area is 158 Å². The first-order chi connectivity index (χ1) is 12.9. The zero-order chi connectivity index (χ0) is 21.6. The summed E-state index contributed by atoms with van der Waals surface area (Å²) in [5.41, 5.74) is 0. The third-order valence-electron chi connectivity index (χ3n) is 3.88. The third-order valence-corrected chi connectivity index (χ3v) is 3.88. The lowest BCUT2D eigenvalue weighted by atomic mass is 9.88. The molecule has 13 heteroatoms. The van der Waals surface area contributed by atoms with Crippen LogP contribution in [0.2, 0.25) is 0 Å². The van der Waals surface area contributed by atoms with E-state index in [1.165, 1.54) is 0 Å². The van der Waals surface area contributed by atoms with E-state index in [2.05, 4.69) is 10.1 Å². The monoisotopic (exact) mass is 409 g/mol. The molecule has 13 nitrogen and oxygen atoms in total. The van der Waals surface area contributed by atoms with E-state index >= 15 is 0 Å². The molecule has 0 saturated carbocycles. The van der Waals surface area contributed by atoms with Gasteiger partial charge >= 0.3 is 17.9 Å². The van der Waals surface area contributed by atoms with E-state index in [0.717, 1.165) is 13.8 Å². The average molecular weight is 409 g/mol. The zero-order valence-electron chi connectivity index (χ0n) is 15.1. The van der Waals surface area contributed by atoms with Crippen molar-refractivity contribution in [1.82, 2.24) is 5.32 Å². The van der Waals surface area contributed by atoms with Gasteiger partial charge in [-0.1, -0.05) is 0 Å². The van der Waals surface area contributed by atoms with Crippen molar-refractivity contribution in [2.24, 2.45) is 0 Å². The summed E-state index contributed by atoms with van der Waals surface area (Å²) < 4.78 is 14.5. The molecule has 0 aliphatic carbocycles. The molecule has 0 bridgehead atoms. The molecular formula is C15H23NO12. The van der Waals surface area contributed by atoms with Gasteiger partial charge in [-0.15, -0.1) is 0 Å². The fourth-order valence-corrected chi connectivity index (χ4v) is 2.63. The summed E-state index contributed by atoms with van der Waals surface area (Å²) >= 11 is 0. The van der Waals surface area contributed by atoms with E-state index in [0.29, 0.717) is 0 Å². The zero-order valence-corrected chi connectivity index (χ0v) is 15.1. The molecule has 0 aromatic carbocycles. The molecule has 1 rings (SSSR count). The van der Waals surface area contributed by atoms with Crippen molar-refractivity contribution in [3.05, 3.63) is 0 Å². The molecule has 0 spiro atoms. The number of rotatable bonds is 8. The van der Waals surface area contributed by atoms with Crippen LogP contribution in [0.3, 0.4) is 0 Å². The molecule has 1 fully saturated rings. The van der Waals surface area contributed by atoms with Crippen LogP contribution in [0.15, 0.2) is 0 Å². The fraction of sp³-hybridized carbons (Fsp3) is 0.733. The SMILES string of the molecule is CC(=O)OC[C@@H](OC(C)=O)[C@@H](O)[C@@H]1O[C@](O)(C(=O)O)C[C@H](O)[C@H]1NC(=O)CO. The number of nitrogens with one attached hydrogen (secondary N) is 1. The largest absolute Gasteiger partial charge is 0.477 e. The van der Waals surface area contributed by atoms with Crippen LogP contribution in [0.4, 0.5) is 0 Å². The summed E-state index contributed by atoms with van der Waals surface area (Å²) in [6.45, 7) is 0.391. The van der Waals surface area contributed by atoms with Crippen molar-refractivity contribution in [2.75, 3.05) is 13.2 Å². The maximum absolute atomic E-state index is 11.5. The first kappa shape index (κ1) is 23.7. The Hall–Kier alpha value is -2.32. The van der Waals surface area contributed by atoms with Crippen LogP contribution in [0.25, 0.3) is 0 Å². The van der Waals surface area contributed by atoms with Gasteiger partial charge < -0.3 is 45.1 Å². The smallest absolute Gasteiger partial charge is 0.364 e. The Morgan fingerprint density at radius 2 is 1.86 bits per heavy atom. The summed E-state index contributed by atoms with van der Waals surface area (Å²) in [7, 11) is 0. The second-order valence-electron chi connectivity index (χ2n) is 6.14. The molecule has 6 N–H and O–H groups in total. The van der Waals surface area contributed by atoms with Crippen molar-refractivity contribution in [1.29, 1.82) is 0 Å². The lowest BCUT2D eigenvalue weighted by molar-refractivity contribution is -0.295. The molecule has 0 aromatic heterocycles. The molecule has 160 valence electrons. The van der Waals surface area contributed by atoms with Gasteiger partial charge in [0.15, 0.2) is 6.10 Å². The van der Waals surface area contributed by atoms with Crippen molar-refractivity contribution in [3.8, 4) is 0 Å². The highest BCUT2D eigenvalue weighted by molar-refractivity contribution is 5.78. The number of ether oxygens (including phenoxy) is 3. The van der Waals surface area contributed by atoms with Gasteiger partial charge in [-0.05, 0) is 0 Å². The van der Waals surface area contributed by atoms with Crippen LogP contribution in [0.5, 0.6) is 0 Å². The minimum Gasteiger partial charge on any atom is -0.477 e. The summed E-state index contributed by atoms with van der Waals surface area (Å²) in [4.78, 5) is 45.1. The van der Waals surface area contributed by atoms with E-state index in [9.17, 15) is 34.5 Å². The summed E-state index contributed by atoms with van der Waals surface area (Å²) in [5, 5.41) is 51.0. The molecule has 1 aliphatic heterocycles. The Balaban J connectivity index is 3.20. The first-order valence-corrected chi connectivity index (χ1v) is 8.11. The summed E-state index contributed by atoms with van der Waals surface area (Å²) in [6, 6.07) is -1.50. The maximum atomic E-state index is 11.5. The molecule has 0 aromatic rings. The van der Waals surface area contributed by atoms with Crippen molar-refractivity contribution in [2.45, 2.75) is 56.5 Å². The molecule has 0 unspecified atom stereocenters. The number of esters is 2. The van der Waals surface area contributed by atoms with Crippen molar-refractivity contribution >= 4 is 23.8 Å². The van der Waals surface area contributed by atoms with E-state index in [1.807, 2.05) is 0 Å². The molecule has 1 aliphatic rings. The van der Waals surface area contributed by atoms with Crippen LogP contribution in [0.1, 0.15) is 20.3 Å². The van der Waals surface area contributed by atoms with Gasteiger partial charge in [0.25, 0.3) is 5.79 Å². The van der Waals surface area contributed by atoms with E-state index in [1.54, 1.807) is 0 Å². The second kappa shape index (κ2) is 9.75. The predicted molar refractivity (Wildman–Crippen MR) is 85.3 cm³/mol. The molecule has 28 heavy (non-hydrogen) atoms. The quantitative estimate of drug-likeness (QED) is 0.214. The predicted octanol–water partition coefficient (Wildman–Crippen LogP) is -3.76. The number of hydrogen-bond acceptors (Lipinski definition) is 11. The number of amides is 1. The lowest BCUT2D eigenvalue weighted by Crippen LogP contribution is -2.67. The third kappa shape index (κ3) is 6.10. The number of aliphatic hydroxyl groups is 4. The minimum atomic E-state index is -2.92. The topological polar surface area (TPSA) is 209 Å². The van der Waals surface area contributed by atoms with Crippen LogP contribution < -0.4 is 5.32 Å². The van der Waals surface area contributed by atoms with Gasteiger partial charge in [0.1, 0.15) is 25.4 Å². The Bertz CT molecular complexity index is 610. The minimum absolute atomic E-state index is 0.655. The van der Waals surface area contributed by atoms with E-state index < -0.39 is 79.7 Å². The highest BCUT2D eigenvalue weighted by Gasteiger charge is 2.54. The molecule has 6 atom stereocenters. The number of aliphatic hydroxyl groups excluding tert-OH is 3. The first-order valence-electron chi connectivity index (χ1n) is 8.11. The number of carbonyl (C=O) groups is 4. The standard InChI is InChI=1S/C15H23NO12/c1-6(18)26-5-9(27-7(2)19)12(22)13-11(16-10(21)4-17)8(20)3-15(25,28-13)14(23)24/h8-9,11-13,17,20,22,25H,3-5H2,1-2H3,(H,16,21)(H,23,24)/t8-,9+,11+,12+,13+,15-/m0/s1.